The molecule has 6 heteroatoms. The van der Waals surface area contributed by atoms with E-state index in [-0.39, 0.29) is 5.84 Å². The molecule has 0 unspecified atom stereocenters. The van der Waals surface area contributed by atoms with E-state index in [0.717, 1.165) is 13.0 Å². The summed E-state index contributed by atoms with van der Waals surface area (Å²) in [7, 11) is 3.56. The Kier molecular flexibility index (Phi) is 5.18. The van der Waals surface area contributed by atoms with Gasteiger partial charge >= 0.3 is 0 Å². The average molecular weight is 257 g/mol. The van der Waals surface area contributed by atoms with Gasteiger partial charge in [0.1, 0.15) is 11.7 Å². The first-order valence-electron chi connectivity index (χ1n) is 5.27. The molecule has 0 radical (unpaired) electrons. The Morgan fingerprint density at radius 2 is 2.35 bits per heavy atom. The third-order valence-corrected chi connectivity index (χ3v) is 2.74. The van der Waals surface area contributed by atoms with Crippen molar-refractivity contribution in [3.63, 3.8) is 0 Å². The second-order valence-corrected chi connectivity index (χ2v) is 4.06. The SMILES string of the molecule is COCCCN(C)c1nccc(C(=N)N)c1Cl. The van der Waals surface area contributed by atoms with Crippen molar-refractivity contribution in [2.75, 3.05) is 32.2 Å². The van der Waals surface area contributed by atoms with Crippen LogP contribution in [0, 0.1) is 5.41 Å². The number of aromatic nitrogens is 1. The molecule has 17 heavy (non-hydrogen) atoms. The summed E-state index contributed by atoms with van der Waals surface area (Å²) in [5.74, 6) is 0.583. The topological polar surface area (TPSA) is 75.2 Å². The third-order valence-electron chi connectivity index (χ3n) is 2.36. The smallest absolute Gasteiger partial charge is 0.147 e. The number of hydrogen-bond donors (Lipinski definition) is 2. The van der Waals surface area contributed by atoms with Crippen molar-refractivity contribution >= 4 is 23.3 Å². The average Bonchev–Trinajstić information content (AvgIpc) is 2.29. The number of hydrogen-bond acceptors (Lipinski definition) is 4. The summed E-state index contributed by atoms with van der Waals surface area (Å²) in [6.45, 7) is 1.47. The van der Waals surface area contributed by atoms with Crippen LogP contribution >= 0.6 is 11.6 Å². The summed E-state index contributed by atoms with van der Waals surface area (Å²) in [6, 6.07) is 1.64. The molecule has 0 spiro atoms. The first-order chi connectivity index (χ1) is 8.07. The van der Waals surface area contributed by atoms with E-state index >= 15 is 0 Å². The molecule has 0 amide bonds. The Labute approximate surface area is 106 Å². The van der Waals surface area contributed by atoms with Crippen LogP contribution in [0.2, 0.25) is 5.02 Å². The molecule has 1 heterocycles. The standard InChI is InChI=1S/C11H17ClN4O/c1-16(6-3-7-17-2)11-9(12)8(10(13)14)4-5-15-11/h4-5H,3,6-7H2,1-2H3,(H3,13,14). The molecule has 0 aliphatic rings. The van der Waals surface area contributed by atoms with E-state index in [1.807, 2.05) is 11.9 Å². The highest BCUT2D eigenvalue weighted by atomic mass is 35.5. The Hall–Kier alpha value is -1.33. The molecule has 0 aromatic carbocycles. The van der Waals surface area contributed by atoms with Gasteiger partial charge in [-0.3, -0.25) is 5.41 Å². The van der Waals surface area contributed by atoms with Crippen LogP contribution < -0.4 is 10.6 Å². The highest BCUT2D eigenvalue weighted by Gasteiger charge is 2.12. The predicted octanol–water partition coefficient (Wildman–Crippen LogP) is 1.49. The van der Waals surface area contributed by atoms with Crippen molar-refractivity contribution in [1.29, 1.82) is 5.41 Å². The zero-order chi connectivity index (χ0) is 12.8. The van der Waals surface area contributed by atoms with Gasteiger partial charge < -0.3 is 15.4 Å². The lowest BCUT2D eigenvalue weighted by Gasteiger charge is -2.20. The van der Waals surface area contributed by atoms with Gasteiger partial charge in [-0.15, -0.1) is 0 Å². The molecule has 0 aliphatic heterocycles. The fourth-order valence-electron chi connectivity index (χ4n) is 1.46. The lowest BCUT2D eigenvalue weighted by atomic mass is 10.2. The highest BCUT2D eigenvalue weighted by molar-refractivity contribution is 6.36. The normalized spacial score (nSPS) is 10.3. The Bertz CT molecular complexity index is 397. The van der Waals surface area contributed by atoms with Crippen LogP contribution in [0.25, 0.3) is 0 Å². The molecule has 0 bridgehead atoms. The summed E-state index contributed by atoms with van der Waals surface area (Å²) in [5.41, 5.74) is 5.95. The number of nitrogens with zero attached hydrogens (tertiary/aromatic N) is 2. The van der Waals surface area contributed by atoms with Gasteiger partial charge in [-0.05, 0) is 12.5 Å². The fourth-order valence-corrected chi connectivity index (χ4v) is 1.82. The maximum Gasteiger partial charge on any atom is 0.147 e. The van der Waals surface area contributed by atoms with Crippen LogP contribution in [0.5, 0.6) is 0 Å². The minimum atomic E-state index is -0.0519. The van der Waals surface area contributed by atoms with Crippen LogP contribution in [0.3, 0.4) is 0 Å². The summed E-state index contributed by atoms with van der Waals surface area (Å²) in [6.07, 6.45) is 2.49. The summed E-state index contributed by atoms with van der Waals surface area (Å²) < 4.78 is 4.99. The number of ether oxygens (including phenoxy) is 1. The van der Waals surface area contributed by atoms with Gasteiger partial charge in [-0.25, -0.2) is 4.98 Å². The quantitative estimate of drug-likeness (QED) is 0.459. The van der Waals surface area contributed by atoms with E-state index in [2.05, 4.69) is 4.98 Å². The van der Waals surface area contributed by atoms with Crippen LogP contribution in [0.15, 0.2) is 12.3 Å². The van der Waals surface area contributed by atoms with Crippen LogP contribution in [0.4, 0.5) is 5.82 Å². The highest BCUT2D eigenvalue weighted by Crippen LogP contribution is 2.25. The number of nitrogen functional groups attached to an aromatic ring is 1. The molecule has 1 aromatic heterocycles. The van der Waals surface area contributed by atoms with Gasteiger partial charge in [0.25, 0.3) is 0 Å². The Balaban J connectivity index is 2.83. The lowest BCUT2D eigenvalue weighted by molar-refractivity contribution is 0.196. The van der Waals surface area contributed by atoms with Crippen molar-refractivity contribution in [3.05, 3.63) is 22.8 Å². The maximum atomic E-state index is 7.41. The third kappa shape index (κ3) is 3.57. The molecule has 1 rings (SSSR count). The largest absolute Gasteiger partial charge is 0.385 e. The predicted molar refractivity (Wildman–Crippen MR) is 70.0 cm³/mol. The van der Waals surface area contributed by atoms with E-state index < -0.39 is 0 Å². The summed E-state index contributed by atoms with van der Waals surface area (Å²) >= 11 is 6.16. The number of methoxy groups -OCH3 is 1. The first-order valence-corrected chi connectivity index (χ1v) is 5.64. The zero-order valence-electron chi connectivity index (χ0n) is 10.0. The number of halogens is 1. The Morgan fingerprint density at radius 3 is 2.94 bits per heavy atom. The van der Waals surface area contributed by atoms with Gasteiger partial charge in [0.15, 0.2) is 0 Å². The number of nitrogens with one attached hydrogen (secondary N) is 1. The number of amidine groups is 1. The second-order valence-electron chi connectivity index (χ2n) is 3.68. The molecule has 5 nitrogen and oxygen atoms in total. The van der Waals surface area contributed by atoms with E-state index in [1.165, 1.54) is 0 Å². The van der Waals surface area contributed by atoms with E-state index in [9.17, 15) is 0 Å². The fraction of sp³-hybridized carbons (Fsp3) is 0.455. The molecule has 1 aromatic rings. The van der Waals surface area contributed by atoms with Crippen LogP contribution in [0.1, 0.15) is 12.0 Å². The van der Waals surface area contributed by atoms with Crippen molar-refractivity contribution in [2.24, 2.45) is 5.73 Å². The number of rotatable bonds is 6. The minimum Gasteiger partial charge on any atom is -0.385 e. The van der Waals surface area contributed by atoms with Gasteiger partial charge in [0, 0.05) is 39.1 Å². The number of pyridine rings is 1. The summed E-state index contributed by atoms with van der Waals surface area (Å²) in [5, 5.41) is 7.83. The molecule has 0 aliphatic carbocycles. The zero-order valence-corrected chi connectivity index (χ0v) is 10.8. The van der Waals surface area contributed by atoms with Crippen molar-refractivity contribution in [3.8, 4) is 0 Å². The molecule has 3 N–H and O–H groups in total. The van der Waals surface area contributed by atoms with Gasteiger partial charge in [-0.1, -0.05) is 11.6 Å². The van der Waals surface area contributed by atoms with Gasteiger partial charge in [0.2, 0.25) is 0 Å². The number of anilines is 1. The summed E-state index contributed by atoms with van der Waals surface area (Å²) in [4.78, 5) is 6.13. The van der Waals surface area contributed by atoms with E-state index in [4.69, 9.17) is 27.5 Å². The number of nitrogens with two attached hydrogens (primary N) is 1. The Morgan fingerprint density at radius 1 is 1.65 bits per heavy atom. The molecule has 0 fully saturated rings. The van der Waals surface area contributed by atoms with Crippen LogP contribution in [-0.4, -0.2) is 38.1 Å². The van der Waals surface area contributed by atoms with Crippen molar-refractivity contribution in [1.82, 2.24) is 4.98 Å². The monoisotopic (exact) mass is 256 g/mol. The van der Waals surface area contributed by atoms with E-state index in [0.29, 0.717) is 23.0 Å². The molecule has 94 valence electrons. The van der Waals surface area contributed by atoms with Crippen molar-refractivity contribution in [2.45, 2.75) is 6.42 Å². The molecular weight excluding hydrogens is 240 g/mol. The second kappa shape index (κ2) is 6.42. The maximum absolute atomic E-state index is 7.41. The van der Waals surface area contributed by atoms with Gasteiger partial charge in [0.05, 0.1) is 5.02 Å². The minimum absolute atomic E-state index is 0.0519. The lowest BCUT2D eigenvalue weighted by Crippen LogP contribution is -2.22. The van der Waals surface area contributed by atoms with Crippen LogP contribution in [-0.2, 0) is 4.74 Å². The molecular formula is C11H17ClN4O. The molecule has 0 saturated heterocycles. The van der Waals surface area contributed by atoms with E-state index in [1.54, 1.807) is 19.4 Å². The van der Waals surface area contributed by atoms with Gasteiger partial charge in [-0.2, -0.15) is 0 Å². The molecule has 0 atom stereocenters. The molecule has 0 saturated carbocycles. The first kappa shape index (κ1) is 13.7. The van der Waals surface area contributed by atoms with Crippen molar-refractivity contribution < 1.29 is 4.74 Å².